The molecule has 6 N–H and O–H groups in total. The van der Waals surface area contributed by atoms with E-state index >= 15 is 0 Å². The van der Waals surface area contributed by atoms with E-state index < -0.39 is 45.5 Å². The van der Waals surface area contributed by atoms with Crippen LogP contribution in [0.25, 0.3) is 0 Å². The lowest BCUT2D eigenvalue weighted by molar-refractivity contribution is -0.0258. The highest BCUT2D eigenvalue weighted by molar-refractivity contribution is 7.72. The predicted molar refractivity (Wildman–Crippen MR) is 49.4 cm³/mol. The molecule has 1 fully saturated rings. The van der Waals surface area contributed by atoms with Gasteiger partial charge in [-0.2, -0.15) is 0 Å². The van der Waals surface area contributed by atoms with Crippen molar-refractivity contribution in [2.24, 2.45) is 0 Å². The summed E-state index contributed by atoms with van der Waals surface area (Å²) in [5.41, 5.74) is 0. The van der Waals surface area contributed by atoms with Crippen LogP contribution in [0.1, 0.15) is 6.42 Å². The van der Waals surface area contributed by atoms with E-state index in [2.05, 4.69) is 4.74 Å². The van der Waals surface area contributed by atoms with Crippen LogP contribution >= 0.6 is 15.2 Å². The van der Waals surface area contributed by atoms with Crippen LogP contribution in [0.2, 0.25) is 0 Å². The molecule has 0 saturated carbocycles. The Morgan fingerprint density at radius 3 is 1.81 bits per heavy atom. The highest BCUT2D eigenvalue weighted by atomic mass is 31.2. The topological polar surface area (TPSA) is 165 Å². The van der Waals surface area contributed by atoms with Gasteiger partial charge in [0.1, 0.15) is 6.10 Å². The van der Waals surface area contributed by atoms with E-state index in [4.69, 9.17) is 24.7 Å². The first-order valence-corrected chi connectivity index (χ1v) is 7.35. The fourth-order valence-electron chi connectivity index (χ4n) is 1.48. The van der Waals surface area contributed by atoms with Gasteiger partial charge in [-0.15, -0.1) is 0 Å². The second-order valence-corrected chi connectivity index (χ2v) is 7.42. The SMILES string of the molecule is O=P(O)(O)C1(P(=O)(O)O)C[C@H](O)[C@@H](CO)O1. The zero-order valence-electron chi connectivity index (χ0n) is 7.87. The summed E-state index contributed by atoms with van der Waals surface area (Å²) in [4.78, 5) is 35.7. The molecule has 1 aliphatic heterocycles. The Hall–Kier alpha value is 0.180. The van der Waals surface area contributed by atoms with Crippen LogP contribution in [-0.2, 0) is 13.9 Å². The van der Waals surface area contributed by atoms with Crippen molar-refractivity contribution >= 4 is 15.2 Å². The minimum absolute atomic E-state index is 0.803. The quantitative estimate of drug-likeness (QED) is 0.324. The number of aliphatic hydroxyl groups excluding tert-OH is 2. The van der Waals surface area contributed by atoms with E-state index in [1.54, 1.807) is 0 Å². The second-order valence-electron chi connectivity index (χ2n) is 3.44. The van der Waals surface area contributed by atoms with Crippen molar-refractivity contribution in [3.8, 4) is 0 Å². The van der Waals surface area contributed by atoms with Crippen LogP contribution in [-0.4, -0.2) is 53.7 Å². The first kappa shape index (κ1) is 14.2. The third kappa shape index (κ3) is 2.11. The normalized spacial score (nSPS) is 30.6. The number of ether oxygens (including phenoxy) is 1. The third-order valence-electron chi connectivity index (χ3n) is 2.33. The van der Waals surface area contributed by atoms with E-state index in [1.165, 1.54) is 0 Å². The van der Waals surface area contributed by atoms with Crippen molar-refractivity contribution in [3.05, 3.63) is 0 Å². The van der Waals surface area contributed by atoms with E-state index in [1.807, 2.05) is 0 Å². The van der Waals surface area contributed by atoms with Crippen LogP contribution in [0, 0.1) is 0 Å². The summed E-state index contributed by atoms with van der Waals surface area (Å²) in [6.45, 7) is -0.803. The molecule has 9 nitrogen and oxygen atoms in total. The maximum Gasteiger partial charge on any atom is 0.369 e. The van der Waals surface area contributed by atoms with Gasteiger partial charge in [-0.3, -0.25) is 9.13 Å². The lowest BCUT2D eigenvalue weighted by Crippen LogP contribution is -2.30. The van der Waals surface area contributed by atoms with Gasteiger partial charge in [0.05, 0.1) is 12.7 Å². The smallest absolute Gasteiger partial charge is 0.369 e. The molecule has 0 aromatic heterocycles. The number of rotatable bonds is 3. The average molecular weight is 278 g/mol. The Balaban J connectivity index is 3.22. The van der Waals surface area contributed by atoms with Crippen LogP contribution < -0.4 is 0 Å². The molecule has 0 radical (unpaired) electrons. The van der Waals surface area contributed by atoms with E-state index in [0.29, 0.717) is 0 Å². The first-order valence-electron chi connectivity index (χ1n) is 4.13. The molecule has 1 rings (SSSR count). The lowest BCUT2D eigenvalue weighted by Gasteiger charge is -2.29. The van der Waals surface area contributed by atoms with Gasteiger partial charge in [0.2, 0.25) is 0 Å². The monoisotopic (exact) mass is 278 g/mol. The van der Waals surface area contributed by atoms with Crippen molar-refractivity contribution in [1.82, 2.24) is 0 Å². The zero-order chi connectivity index (χ0) is 12.8. The number of hydrogen-bond acceptors (Lipinski definition) is 5. The molecule has 0 bridgehead atoms. The summed E-state index contributed by atoms with van der Waals surface area (Å²) in [5.74, 6) is 0. The molecule has 96 valence electrons. The lowest BCUT2D eigenvalue weighted by atomic mass is 10.2. The molecule has 2 atom stereocenters. The van der Waals surface area contributed by atoms with E-state index in [9.17, 15) is 14.2 Å². The van der Waals surface area contributed by atoms with Gasteiger partial charge in [0, 0.05) is 6.42 Å². The minimum Gasteiger partial charge on any atom is -0.394 e. The Kier molecular flexibility index (Phi) is 3.68. The zero-order valence-corrected chi connectivity index (χ0v) is 9.66. The van der Waals surface area contributed by atoms with E-state index in [0.717, 1.165) is 0 Å². The molecular formula is C5H12O9P2. The van der Waals surface area contributed by atoms with Crippen LogP contribution in [0.5, 0.6) is 0 Å². The van der Waals surface area contributed by atoms with Crippen molar-refractivity contribution in [2.45, 2.75) is 23.7 Å². The number of hydrogen-bond donors (Lipinski definition) is 6. The Morgan fingerprint density at radius 1 is 1.19 bits per heavy atom. The molecule has 1 heterocycles. The van der Waals surface area contributed by atoms with Gasteiger partial charge in [-0.05, 0) is 0 Å². The maximum absolute atomic E-state index is 11.1. The maximum atomic E-state index is 11.1. The molecule has 11 heteroatoms. The molecule has 0 unspecified atom stereocenters. The van der Waals surface area contributed by atoms with Crippen molar-refractivity contribution < 1.29 is 43.7 Å². The standard InChI is InChI=1S/C5H12O9P2/c6-2-4-3(7)1-5(14-4,15(8,9)10)16(11,12)13/h3-4,6-7H,1-2H2,(H2,8,9,10)(H2,11,12,13)/t3-,4+/m0/s1. The highest BCUT2D eigenvalue weighted by Gasteiger charge is 2.67. The van der Waals surface area contributed by atoms with Gasteiger partial charge in [-0.1, -0.05) is 0 Å². The third-order valence-corrected chi connectivity index (χ3v) is 6.29. The average Bonchev–Trinajstić information content (AvgIpc) is 2.41. The van der Waals surface area contributed by atoms with Crippen LogP contribution in [0.3, 0.4) is 0 Å². The molecule has 1 saturated heterocycles. The van der Waals surface area contributed by atoms with Crippen LogP contribution in [0.15, 0.2) is 0 Å². The predicted octanol–water partition coefficient (Wildman–Crippen LogP) is -1.86. The summed E-state index contributed by atoms with van der Waals surface area (Å²) in [7, 11) is -10.6. The summed E-state index contributed by atoms with van der Waals surface area (Å²) >= 11 is 0. The fourth-order valence-corrected chi connectivity index (χ4v) is 4.23. The summed E-state index contributed by atoms with van der Waals surface area (Å²) in [6, 6.07) is 0. The van der Waals surface area contributed by atoms with Crippen molar-refractivity contribution in [2.75, 3.05) is 6.61 Å². The summed E-state index contributed by atoms with van der Waals surface area (Å²) in [5, 5.41) is 14.9. The molecule has 0 aromatic carbocycles. The van der Waals surface area contributed by atoms with Crippen LogP contribution in [0.4, 0.5) is 0 Å². The Bertz CT molecular complexity index is 333. The molecular weight excluding hydrogens is 266 g/mol. The Labute approximate surface area is 90.0 Å². The summed E-state index contributed by atoms with van der Waals surface area (Å²) in [6.07, 6.45) is -3.92. The van der Waals surface area contributed by atoms with Gasteiger partial charge in [0.25, 0.3) is 5.08 Å². The number of aliphatic hydroxyl groups is 2. The van der Waals surface area contributed by atoms with Gasteiger partial charge < -0.3 is 34.5 Å². The van der Waals surface area contributed by atoms with Gasteiger partial charge >= 0.3 is 15.2 Å². The Morgan fingerprint density at radius 2 is 1.62 bits per heavy atom. The van der Waals surface area contributed by atoms with Gasteiger partial charge in [-0.25, -0.2) is 0 Å². The molecule has 0 spiro atoms. The molecule has 0 amide bonds. The largest absolute Gasteiger partial charge is 0.394 e. The summed E-state index contributed by atoms with van der Waals surface area (Å²) < 4.78 is 26.7. The molecule has 16 heavy (non-hydrogen) atoms. The highest BCUT2D eigenvalue weighted by Crippen LogP contribution is 2.73. The van der Waals surface area contributed by atoms with Crippen molar-refractivity contribution in [3.63, 3.8) is 0 Å². The first-order chi connectivity index (χ1) is 7.05. The molecule has 0 aliphatic carbocycles. The van der Waals surface area contributed by atoms with Crippen molar-refractivity contribution in [1.29, 1.82) is 0 Å². The molecule has 1 aliphatic rings. The second kappa shape index (κ2) is 4.13. The minimum atomic E-state index is -5.31. The van der Waals surface area contributed by atoms with E-state index in [-0.39, 0.29) is 0 Å². The molecule has 0 aromatic rings. The fraction of sp³-hybridized carbons (Fsp3) is 1.00. The van der Waals surface area contributed by atoms with Gasteiger partial charge in [0.15, 0.2) is 0 Å².